The van der Waals surface area contributed by atoms with E-state index in [2.05, 4.69) is 11.9 Å². The standard InChI is InChI=1S/C19H19ClFNO3/c1-14(6-5-11-24-15-7-3-2-4-8-15)22-19(23)13-25-16-9-10-17(20)18(21)12-16/h2-4,7-10,12H,1,5-6,11,13H2,(H,22,23). The number of benzene rings is 2. The minimum atomic E-state index is -0.595. The van der Waals surface area contributed by atoms with Crippen molar-refractivity contribution in [3.63, 3.8) is 0 Å². The normalized spacial score (nSPS) is 10.2. The summed E-state index contributed by atoms with van der Waals surface area (Å²) in [5, 5.41) is 2.64. The van der Waals surface area contributed by atoms with Crippen LogP contribution in [0.25, 0.3) is 0 Å². The van der Waals surface area contributed by atoms with Crippen LogP contribution in [0.3, 0.4) is 0 Å². The number of ether oxygens (including phenoxy) is 2. The number of nitrogens with one attached hydrogen (secondary N) is 1. The van der Waals surface area contributed by atoms with Crippen molar-refractivity contribution in [1.29, 1.82) is 0 Å². The number of hydrogen-bond donors (Lipinski definition) is 1. The second-order valence-electron chi connectivity index (χ2n) is 5.28. The maximum Gasteiger partial charge on any atom is 0.262 e. The Morgan fingerprint density at radius 1 is 1.12 bits per heavy atom. The van der Waals surface area contributed by atoms with Gasteiger partial charge in [-0.25, -0.2) is 4.39 Å². The molecule has 0 radical (unpaired) electrons. The Morgan fingerprint density at radius 3 is 2.60 bits per heavy atom. The van der Waals surface area contributed by atoms with Gasteiger partial charge in [-0.2, -0.15) is 0 Å². The molecule has 0 aliphatic carbocycles. The molecule has 0 heterocycles. The van der Waals surface area contributed by atoms with Crippen molar-refractivity contribution in [3.05, 3.63) is 71.6 Å². The molecule has 0 saturated carbocycles. The van der Waals surface area contributed by atoms with Gasteiger partial charge in [0.25, 0.3) is 5.91 Å². The lowest BCUT2D eigenvalue weighted by Crippen LogP contribution is -2.28. The topological polar surface area (TPSA) is 47.6 Å². The van der Waals surface area contributed by atoms with Crippen LogP contribution < -0.4 is 14.8 Å². The predicted molar refractivity (Wildman–Crippen MR) is 95.4 cm³/mol. The molecular formula is C19H19ClFNO3. The van der Waals surface area contributed by atoms with Gasteiger partial charge in [0.1, 0.15) is 17.3 Å². The fourth-order valence-corrected chi connectivity index (χ4v) is 2.12. The molecule has 0 atom stereocenters. The Morgan fingerprint density at radius 2 is 1.88 bits per heavy atom. The molecule has 6 heteroatoms. The molecule has 2 aromatic rings. The van der Waals surface area contributed by atoms with Gasteiger partial charge in [0.05, 0.1) is 11.6 Å². The number of carbonyl (C=O) groups excluding carboxylic acids is 1. The SMILES string of the molecule is C=C(CCCOc1ccccc1)NC(=O)COc1ccc(Cl)c(F)c1. The van der Waals surface area contributed by atoms with E-state index in [9.17, 15) is 9.18 Å². The molecule has 0 aromatic heterocycles. The monoisotopic (exact) mass is 363 g/mol. The van der Waals surface area contributed by atoms with E-state index in [4.69, 9.17) is 21.1 Å². The van der Waals surface area contributed by atoms with E-state index in [1.54, 1.807) is 0 Å². The zero-order chi connectivity index (χ0) is 18.1. The number of hydrogen-bond acceptors (Lipinski definition) is 3. The third kappa shape index (κ3) is 6.85. The lowest BCUT2D eigenvalue weighted by atomic mass is 10.2. The average Bonchev–Trinajstić information content (AvgIpc) is 2.61. The van der Waals surface area contributed by atoms with Crippen LogP contribution in [0.5, 0.6) is 11.5 Å². The van der Waals surface area contributed by atoms with Crippen molar-refractivity contribution in [2.75, 3.05) is 13.2 Å². The molecule has 1 N–H and O–H groups in total. The van der Waals surface area contributed by atoms with Crippen molar-refractivity contribution in [2.24, 2.45) is 0 Å². The van der Waals surface area contributed by atoms with E-state index in [-0.39, 0.29) is 23.3 Å². The molecule has 0 bridgehead atoms. The van der Waals surface area contributed by atoms with E-state index in [0.717, 1.165) is 18.2 Å². The van der Waals surface area contributed by atoms with E-state index in [1.807, 2.05) is 30.3 Å². The summed E-state index contributed by atoms with van der Waals surface area (Å²) in [7, 11) is 0. The molecule has 132 valence electrons. The molecule has 0 unspecified atom stereocenters. The van der Waals surface area contributed by atoms with Gasteiger partial charge in [-0.3, -0.25) is 4.79 Å². The van der Waals surface area contributed by atoms with Crippen molar-refractivity contribution in [1.82, 2.24) is 5.32 Å². The van der Waals surface area contributed by atoms with Crippen LogP contribution in [0, 0.1) is 5.82 Å². The van der Waals surface area contributed by atoms with E-state index < -0.39 is 5.82 Å². The quantitative estimate of drug-likeness (QED) is 0.674. The van der Waals surface area contributed by atoms with Gasteiger partial charge in [-0.05, 0) is 37.1 Å². The smallest absolute Gasteiger partial charge is 0.262 e. The van der Waals surface area contributed by atoms with Crippen LogP contribution in [0.15, 0.2) is 60.8 Å². The molecule has 2 rings (SSSR count). The summed E-state index contributed by atoms with van der Waals surface area (Å²) in [6, 6.07) is 13.5. The Labute approximate surface area is 151 Å². The molecule has 2 aromatic carbocycles. The van der Waals surface area contributed by atoms with Crippen LogP contribution in [0.4, 0.5) is 4.39 Å². The fourth-order valence-electron chi connectivity index (χ4n) is 2.00. The number of allylic oxidation sites excluding steroid dienone is 1. The highest BCUT2D eigenvalue weighted by molar-refractivity contribution is 6.30. The van der Waals surface area contributed by atoms with E-state index >= 15 is 0 Å². The maximum atomic E-state index is 13.3. The first-order valence-corrected chi connectivity index (χ1v) is 8.16. The Balaban J connectivity index is 1.62. The minimum absolute atomic E-state index is 0.00269. The van der Waals surface area contributed by atoms with Crippen LogP contribution >= 0.6 is 11.6 Å². The number of carbonyl (C=O) groups is 1. The number of rotatable bonds is 9. The second-order valence-corrected chi connectivity index (χ2v) is 5.69. The highest BCUT2D eigenvalue weighted by atomic mass is 35.5. The van der Waals surface area contributed by atoms with Crippen LogP contribution in [0.1, 0.15) is 12.8 Å². The van der Waals surface area contributed by atoms with Crippen molar-refractivity contribution >= 4 is 17.5 Å². The molecule has 0 aliphatic rings. The van der Waals surface area contributed by atoms with E-state index in [1.165, 1.54) is 12.1 Å². The molecule has 0 saturated heterocycles. The third-order valence-electron chi connectivity index (χ3n) is 3.21. The summed E-state index contributed by atoms with van der Waals surface area (Å²) in [6.45, 7) is 4.09. The van der Waals surface area contributed by atoms with Gasteiger partial charge in [0.15, 0.2) is 6.61 Å². The fraction of sp³-hybridized carbons (Fsp3) is 0.211. The molecule has 0 spiro atoms. The molecule has 1 amide bonds. The summed E-state index contributed by atoms with van der Waals surface area (Å²) >= 11 is 5.58. The first kappa shape index (κ1) is 18.8. The van der Waals surface area contributed by atoms with Crippen molar-refractivity contribution < 1.29 is 18.7 Å². The third-order valence-corrected chi connectivity index (χ3v) is 3.52. The van der Waals surface area contributed by atoms with Gasteiger partial charge in [-0.1, -0.05) is 36.4 Å². The van der Waals surface area contributed by atoms with E-state index in [0.29, 0.717) is 18.7 Å². The Hall–Kier alpha value is -2.53. The van der Waals surface area contributed by atoms with Gasteiger partial charge >= 0.3 is 0 Å². The number of halogens is 2. The van der Waals surface area contributed by atoms with Crippen LogP contribution in [-0.4, -0.2) is 19.1 Å². The summed E-state index contributed by atoms with van der Waals surface area (Å²) in [5.41, 5.74) is 0.576. The number of amides is 1. The van der Waals surface area contributed by atoms with Gasteiger partial charge in [-0.15, -0.1) is 0 Å². The maximum absolute atomic E-state index is 13.3. The van der Waals surface area contributed by atoms with Crippen LogP contribution in [0.2, 0.25) is 5.02 Å². The molecule has 0 fully saturated rings. The summed E-state index contributed by atoms with van der Waals surface area (Å²) in [6.07, 6.45) is 1.31. The van der Waals surface area contributed by atoms with Gasteiger partial charge in [0, 0.05) is 11.8 Å². The Bertz CT molecular complexity index is 722. The van der Waals surface area contributed by atoms with Gasteiger partial charge < -0.3 is 14.8 Å². The molecule has 25 heavy (non-hydrogen) atoms. The zero-order valence-electron chi connectivity index (χ0n) is 13.6. The zero-order valence-corrected chi connectivity index (χ0v) is 14.4. The summed E-state index contributed by atoms with van der Waals surface area (Å²) < 4.78 is 24.0. The first-order valence-electron chi connectivity index (χ1n) is 7.78. The molecular weight excluding hydrogens is 345 g/mol. The highest BCUT2D eigenvalue weighted by Gasteiger charge is 2.07. The summed E-state index contributed by atoms with van der Waals surface area (Å²) in [5.74, 6) is 0.0893. The van der Waals surface area contributed by atoms with Crippen LogP contribution in [-0.2, 0) is 4.79 Å². The average molecular weight is 364 g/mol. The highest BCUT2D eigenvalue weighted by Crippen LogP contribution is 2.20. The predicted octanol–water partition coefficient (Wildman–Crippen LogP) is 4.35. The first-order chi connectivity index (χ1) is 12.0. The lowest BCUT2D eigenvalue weighted by molar-refractivity contribution is -0.122. The lowest BCUT2D eigenvalue weighted by Gasteiger charge is -2.10. The summed E-state index contributed by atoms with van der Waals surface area (Å²) in [4.78, 5) is 11.8. The largest absolute Gasteiger partial charge is 0.494 e. The second kappa shape index (κ2) is 9.69. The molecule has 4 nitrogen and oxygen atoms in total. The molecule has 0 aliphatic heterocycles. The van der Waals surface area contributed by atoms with Crippen molar-refractivity contribution in [2.45, 2.75) is 12.8 Å². The van der Waals surface area contributed by atoms with Gasteiger partial charge in [0.2, 0.25) is 0 Å². The minimum Gasteiger partial charge on any atom is -0.494 e. The number of para-hydroxylation sites is 1. The Kier molecular flexibility index (Phi) is 7.29. The van der Waals surface area contributed by atoms with Crippen molar-refractivity contribution in [3.8, 4) is 11.5 Å².